The van der Waals surface area contributed by atoms with E-state index < -0.39 is 11.8 Å². The van der Waals surface area contributed by atoms with E-state index in [1.165, 1.54) is 18.2 Å². The number of carbonyl (C=O) groups is 1. The molecule has 0 heterocycles. The first kappa shape index (κ1) is 14.8. The molecule has 0 aliphatic heterocycles. The second-order valence-electron chi connectivity index (χ2n) is 4.62. The second-order valence-corrected chi connectivity index (χ2v) is 4.62. The molecule has 0 bridgehead atoms. The zero-order valence-electron chi connectivity index (χ0n) is 11.5. The van der Waals surface area contributed by atoms with Gasteiger partial charge in [0, 0.05) is 6.08 Å². The summed E-state index contributed by atoms with van der Waals surface area (Å²) >= 11 is 0. The first-order valence-corrected chi connectivity index (χ1v) is 6.43. The molecule has 0 aliphatic rings. The lowest BCUT2D eigenvalue weighted by atomic mass is 10.1. The van der Waals surface area contributed by atoms with Gasteiger partial charge in [-0.3, -0.25) is 0 Å². The standard InChI is InChI=1S/C17H15FO3/c1-12-4-2-3-5-16(12)21-11-14-8-13(6-7-17(19)20)9-15(18)10-14/h2-10H,11H2,1H3,(H,19,20). The van der Waals surface area contributed by atoms with Crippen LogP contribution in [0.1, 0.15) is 16.7 Å². The number of ether oxygens (including phenoxy) is 1. The minimum Gasteiger partial charge on any atom is -0.489 e. The SMILES string of the molecule is Cc1ccccc1OCc1cc(F)cc(C=CC(=O)O)c1. The Morgan fingerprint density at radius 1 is 1.29 bits per heavy atom. The average Bonchev–Trinajstić information content (AvgIpc) is 2.44. The van der Waals surface area contributed by atoms with E-state index in [4.69, 9.17) is 9.84 Å². The van der Waals surface area contributed by atoms with Crippen LogP contribution < -0.4 is 4.74 Å². The van der Waals surface area contributed by atoms with Crippen LogP contribution in [-0.4, -0.2) is 11.1 Å². The van der Waals surface area contributed by atoms with Gasteiger partial charge in [-0.2, -0.15) is 0 Å². The molecule has 3 nitrogen and oxygen atoms in total. The van der Waals surface area contributed by atoms with Crippen LogP contribution in [0, 0.1) is 12.7 Å². The first-order chi connectivity index (χ1) is 10.0. The molecule has 0 saturated carbocycles. The van der Waals surface area contributed by atoms with E-state index in [0.717, 1.165) is 17.4 Å². The van der Waals surface area contributed by atoms with Crippen molar-refractivity contribution in [3.05, 3.63) is 71.0 Å². The third-order valence-corrected chi connectivity index (χ3v) is 2.89. The summed E-state index contributed by atoms with van der Waals surface area (Å²) in [6.45, 7) is 2.15. The third-order valence-electron chi connectivity index (χ3n) is 2.89. The molecule has 2 rings (SSSR count). The number of para-hydroxylation sites is 1. The van der Waals surface area contributed by atoms with Gasteiger partial charge in [-0.1, -0.05) is 18.2 Å². The quantitative estimate of drug-likeness (QED) is 0.850. The van der Waals surface area contributed by atoms with Gasteiger partial charge in [-0.25, -0.2) is 9.18 Å². The molecule has 1 N–H and O–H groups in total. The zero-order valence-corrected chi connectivity index (χ0v) is 11.5. The number of hydrogen-bond donors (Lipinski definition) is 1. The summed E-state index contributed by atoms with van der Waals surface area (Å²) in [5.41, 5.74) is 2.13. The van der Waals surface area contributed by atoms with Gasteiger partial charge in [0.1, 0.15) is 18.2 Å². The zero-order chi connectivity index (χ0) is 15.2. The highest BCUT2D eigenvalue weighted by Crippen LogP contribution is 2.19. The van der Waals surface area contributed by atoms with Crippen molar-refractivity contribution < 1.29 is 19.0 Å². The van der Waals surface area contributed by atoms with Gasteiger partial charge in [0.2, 0.25) is 0 Å². The summed E-state index contributed by atoms with van der Waals surface area (Å²) in [6.07, 6.45) is 2.32. The van der Waals surface area contributed by atoms with Crippen molar-refractivity contribution in [3.63, 3.8) is 0 Å². The Morgan fingerprint density at radius 3 is 2.76 bits per heavy atom. The molecule has 0 fully saturated rings. The van der Waals surface area contributed by atoms with E-state index in [9.17, 15) is 9.18 Å². The lowest BCUT2D eigenvalue weighted by Crippen LogP contribution is -1.98. The maximum absolute atomic E-state index is 13.5. The van der Waals surface area contributed by atoms with E-state index in [-0.39, 0.29) is 6.61 Å². The monoisotopic (exact) mass is 286 g/mol. The summed E-state index contributed by atoms with van der Waals surface area (Å²) in [5.74, 6) is -0.757. The van der Waals surface area contributed by atoms with E-state index in [1.807, 2.05) is 31.2 Å². The Kier molecular flexibility index (Phi) is 4.72. The van der Waals surface area contributed by atoms with Crippen LogP contribution in [0.5, 0.6) is 5.75 Å². The molecule has 0 spiro atoms. The van der Waals surface area contributed by atoms with Crippen molar-refractivity contribution in [1.29, 1.82) is 0 Å². The Bertz CT molecular complexity index is 677. The number of aryl methyl sites for hydroxylation is 1. The highest BCUT2D eigenvalue weighted by atomic mass is 19.1. The fourth-order valence-electron chi connectivity index (χ4n) is 1.90. The van der Waals surface area contributed by atoms with Crippen molar-refractivity contribution in [3.8, 4) is 5.75 Å². The molecule has 4 heteroatoms. The average molecular weight is 286 g/mol. The smallest absolute Gasteiger partial charge is 0.328 e. The molecule has 0 radical (unpaired) electrons. The molecule has 0 aromatic heterocycles. The van der Waals surface area contributed by atoms with Gasteiger partial charge in [0.15, 0.2) is 0 Å². The van der Waals surface area contributed by atoms with Crippen LogP contribution in [0.4, 0.5) is 4.39 Å². The number of carboxylic acid groups (broad SMARTS) is 1. The summed E-state index contributed by atoms with van der Waals surface area (Å²) in [5, 5.41) is 8.59. The van der Waals surface area contributed by atoms with Gasteiger partial charge in [-0.05, 0) is 54.0 Å². The molecule has 0 amide bonds. The Morgan fingerprint density at radius 2 is 2.05 bits per heavy atom. The van der Waals surface area contributed by atoms with Crippen LogP contribution in [0.3, 0.4) is 0 Å². The van der Waals surface area contributed by atoms with Crippen molar-refractivity contribution in [1.82, 2.24) is 0 Å². The molecule has 0 saturated heterocycles. The minimum absolute atomic E-state index is 0.219. The lowest BCUT2D eigenvalue weighted by Gasteiger charge is -2.09. The Labute approximate surface area is 122 Å². The summed E-state index contributed by atoms with van der Waals surface area (Å²) in [4.78, 5) is 10.5. The Hall–Kier alpha value is -2.62. The molecule has 2 aromatic carbocycles. The third kappa shape index (κ3) is 4.45. The normalized spacial score (nSPS) is 10.8. The number of hydrogen-bond acceptors (Lipinski definition) is 2. The highest BCUT2D eigenvalue weighted by molar-refractivity contribution is 5.85. The van der Waals surface area contributed by atoms with E-state index >= 15 is 0 Å². The molecular formula is C17H15FO3. The number of aliphatic carboxylic acids is 1. The molecule has 21 heavy (non-hydrogen) atoms. The molecule has 0 atom stereocenters. The number of benzene rings is 2. The van der Waals surface area contributed by atoms with Gasteiger partial charge in [0.05, 0.1) is 0 Å². The van der Waals surface area contributed by atoms with Crippen LogP contribution in [0.25, 0.3) is 6.08 Å². The predicted octanol–water partition coefficient (Wildman–Crippen LogP) is 3.81. The van der Waals surface area contributed by atoms with E-state index in [1.54, 1.807) is 6.07 Å². The highest BCUT2D eigenvalue weighted by Gasteiger charge is 2.03. The maximum atomic E-state index is 13.5. The van der Waals surface area contributed by atoms with Crippen LogP contribution in [0.15, 0.2) is 48.5 Å². The summed E-state index contributed by atoms with van der Waals surface area (Å²) < 4.78 is 19.2. The van der Waals surface area contributed by atoms with Crippen molar-refractivity contribution in [2.45, 2.75) is 13.5 Å². The summed E-state index contributed by atoms with van der Waals surface area (Å²) in [6, 6.07) is 11.9. The number of carboxylic acids is 1. The van der Waals surface area contributed by atoms with Gasteiger partial charge >= 0.3 is 5.97 Å². The maximum Gasteiger partial charge on any atom is 0.328 e. The largest absolute Gasteiger partial charge is 0.489 e. The van der Waals surface area contributed by atoms with Crippen LogP contribution >= 0.6 is 0 Å². The molecule has 0 unspecified atom stereocenters. The lowest BCUT2D eigenvalue weighted by molar-refractivity contribution is -0.131. The fourth-order valence-corrected chi connectivity index (χ4v) is 1.90. The molecule has 0 aliphatic carbocycles. The fraction of sp³-hybridized carbons (Fsp3) is 0.118. The van der Waals surface area contributed by atoms with Crippen molar-refractivity contribution in [2.24, 2.45) is 0 Å². The number of halogens is 1. The van der Waals surface area contributed by atoms with Crippen molar-refractivity contribution in [2.75, 3.05) is 0 Å². The van der Waals surface area contributed by atoms with Crippen molar-refractivity contribution >= 4 is 12.0 Å². The summed E-state index contributed by atoms with van der Waals surface area (Å²) in [7, 11) is 0. The topological polar surface area (TPSA) is 46.5 Å². The van der Waals surface area contributed by atoms with Crippen LogP contribution in [0.2, 0.25) is 0 Å². The minimum atomic E-state index is -1.07. The molecule has 2 aromatic rings. The van der Waals surface area contributed by atoms with E-state index in [2.05, 4.69) is 0 Å². The van der Waals surface area contributed by atoms with Crippen LogP contribution in [-0.2, 0) is 11.4 Å². The predicted molar refractivity (Wildman–Crippen MR) is 78.6 cm³/mol. The second kappa shape index (κ2) is 6.70. The molecule has 108 valence electrons. The molecular weight excluding hydrogens is 271 g/mol. The Balaban J connectivity index is 2.13. The van der Waals surface area contributed by atoms with Gasteiger partial charge in [-0.15, -0.1) is 0 Å². The van der Waals surface area contributed by atoms with Gasteiger partial charge < -0.3 is 9.84 Å². The first-order valence-electron chi connectivity index (χ1n) is 6.43. The number of rotatable bonds is 5. The van der Waals surface area contributed by atoms with E-state index in [0.29, 0.717) is 11.1 Å². The van der Waals surface area contributed by atoms with Gasteiger partial charge in [0.25, 0.3) is 0 Å².